The highest BCUT2D eigenvalue weighted by Crippen LogP contribution is 2.42. The topological polar surface area (TPSA) is 155 Å². The van der Waals surface area contributed by atoms with E-state index in [4.69, 9.17) is 37.6 Å². The molecular weight excluding hydrogens is 907 g/mol. The average Bonchev–Trinajstić information content (AvgIpc) is 3.33. The molecule has 69 heavy (non-hydrogen) atoms. The summed E-state index contributed by atoms with van der Waals surface area (Å²) in [6.07, 6.45) is 62.2. The smallest absolute Gasteiger partial charge is 0.393 e. The van der Waals surface area contributed by atoms with Gasteiger partial charge in [-0.15, -0.1) is 0 Å². The van der Waals surface area contributed by atoms with Gasteiger partial charge in [0.25, 0.3) is 0 Å². The van der Waals surface area contributed by atoms with Crippen molar-refractivity contribution in [3.05, 3.63) is 0 Å². The van der Waals surface area contributed by atoms with Crippen molar-refractivity contribution in [1.82, 2.24) is 0 Å². The van der Waals surface area contributed by atoms with Crippen molar-refractivity contribution in [2.24, 2.45) is 0 Å². The normalized spacial score (nSPS) is 12.8. The van der Waals surface area contributed by atoms with Crippen molar-refractivity contribution < 1.29 is 47.8 Å². The molecule has 5 N–H and O–H groups in total. The fraction of sp³-hybridized carbons (Fsp3) is 1.00. The van der Waals surface area contributed by atoms with Crippen LogP contribution >= 0.6 is 16.4 Å². The van der Waals surface area contributed by atoms with Gasteiger partial charge in [-0.2, -0.15) is 0 Å². The number of hydrogen-bond acceptors (Lipinski definition) is 7. The van der Waals surface area contributed by atoms with Crippen LogP contribution in [-0.2, 0) is 22.9 Å². The van der Waals surface area contributed by atoms with E-state index in [1.54, 1.807) is 0 Å². The predicted octanol–water partition coefficient (Wildman–Crippen LogP) is 18.8. The summed E-state index contributed by atoms with van der Waals surface area (Å²) in [6, 6.07) is 0. The largest absolute Gasteiger partial charge is 0.466 e. The van der Waals surface area contributed by atoms with E-state index in [9.17, 15) is 10.2 Å². The lowest BCUT2D eigenvalue weighted by Crippen LogP contribution is -2.34. The molecule has 0 saturated heterocycles. The molecule has 0 aliphatic carbocycles. The molecule has 2 unspecified atom stereocenters. The Morgan fingerprint density at radius 2 is 0.536 bits per heavy atom. The molecule has 0 aromatic carbocycles. The van der Waals surface area contributed by atoms with Crippen LogP contribution in [0.3, 0.4) is 0 Å². The van der Waals surface area contributed by atoms with Crippen LogP contribution < -0.4 is 0 Å². The predicted molar refractivity (Wildman–Crippen MR) is 296 cm³/mol. The highest BCUT2D eigenvalue weighted by molar-refractivity contribution is 7.45. The monoisotopic (exact) mass is 1030 g/mol. The molecule has 0 heterocycles. The molecule has 0 rings (SSSR count). The Bertz CT molecular complexity index is 930. The molecule has 10 nitrogen and oxygen atoms in total. The summed E-state index contributed by atoms with van der Waals surface area (Å²) in [6.45, 7) is 8.14. The lowest BCUT2D eigenvalue weighted by Gasteiger charge is -2.26. The Hall–Kier alpha value is 0.300. The van der Waals surface area contributed by atoms with Gasteiger partial charge in [-0.3, -0.25) is 4.52 Å². The lowest BCUT2D eigenvalue weighted by atomic mass is 10.0. The number of aliphatic hydroxyl groups is 2. The third-order valence-corrected chi connectivity index (χ3v) is 14.5. The van der Waals surface area contributed by atoms with Crippen molar-refractivity contribution in [3.63, 3.8) is 0 Å². The van der Waals surface area contributed by atoms with E-state index in [2.05, 4.69) is 20.8 Å². The average molecular weight is 1030 g/mol. The molecule has 0 aliphatic heterocycles. The molecule has 2 atom stereocenters. The van der Waals surface area contributed by atoms with Crippen LogP contribution in [0.2, 0.25) is 0 Å². The summed E-state index contributed by atoms with van der Waals surface area (Å²) < 4.78 is 33.5. The van der Waals surface area contributed by atoms with Crippen molar-refractivity contribution >= 4 is 16.4 Å². The minimum Gasteiger partial charge on any atom is -0.393 e. The number of ether oxygens (including phenoxy) is 1. The van der Waals surface area contributed by atoms with E-state index >= 15 is 0 Å². The molecule has 0 aromatic heterocycles. The minimum atomic E-state index is -4.64. The van der Waals surface area contributed by atoms with Crippen molar-refractivity contribution in [1.29, 1.82) is 0 Å². The highest BCUT2D eigenvalue weighted by atomic mass is 31.2. The molecule has 0 amide bonds. The Morgan fingerprint density at radius 1 is 0.348 bits per heavy atom. The number of rotatable bonds is 58. The summed E-state index contributed by atoms with van der Waals surface area (Å²) in [5, 5.41) is 20.5. The first kappa shape index (κ1) is 71.4. The quantitative estimate of drug-likeness (QED) is 0.0226. The second-order valence-corrected chi connectivity index (χ2v) is 22.6. The lowest BCUT2D eigenvalue weighted by molar-refractivity contribution is -0.161. The van der Waals surface area contributed by atoms with Crippen molar-refractivity contribution in [2.45, 2.75) is 341 Å². The van der Waals surface area contributed by atoms with Gasteiger partial charge in [0.2, 0.25) is 0 Å². The van der Waals surface area contributed by atoms with Crippen LogP contribution in [0.1, 0.15) is 329 Å². The fourth-order valence-electron chi connectivity index (χ4n) is 8.91. The summed E-state index contributed by atoms with van der Waals surface area (Å²) in [4.78, 5) is 21.6. The molecular formula is C57H120O10P2. The van der Waals surface area contributed by atoms with Gasteiger partial charge in [0, 0.05) is 6.61 Å². The maximum absolute atomic E-state index is 10.6. The van der Waals surface area contributed by atoms with Crippen LogP contribution in [0.5, 0.6) is 0 Å². The molecule has 0 spiro atoms. The van der Waals surface area contributed by atoms with Gasteiger partial charge in [-0.25, -0.2) is 4.57 Å². The van der Waals surface area contributed by atoms with E-state index in [-0.39, 0.29) is 0 Å². The Labute approximate surface area is 430 Å². The second kappa shape index (κ2) is 60.9. The van der Waals surface area contributed by atoms with Crippen LogP contribution in [0.4, 0.5) is 0 Å². The van der Waals surface area contributed by atoms with Gasteiger partial charge < -0.3 is 38.7 Å². The highest BCUT2D eigenvalue weighted by Gasteiger charge is 2.27. The molecule has 12 heteroatoms. The third kappa shape index (κ3) is 66.3. The number of unbranched alkanes of at least 4 members (excludes halogenated alkanes) is 45. The molecule has 0 aliphatic rings. The van der Waals surface area contributed by atoms with E-state index in [0.717, 1.165) is 38.5 Å². The maximum Gasteiger partial charge on any atom is 0.466 e. The van der Waals surface area contributed by atoms with Gasteiger partial charge >= 0.3 is 16.4 Å². The molecule has 0 saturated carbocycles. The van der Waals surface area contributed by atoms with Gasteiger partial charge in [-0.05, 0) is 19.3 Å². The van der Waals surface area contributed by atoms with Gasteiger partial charge in [0.15, 0.2) is 6.29 Å². The van der Waals surface area contributed by atoms with Crippen LogP contribution in [-0.4, -0.2) is 63.7 Å². The Balaban J connectivity index is 0. The van der Waals surface area contributed by atoms with E-state index in [1.165, 1.54) is 270 Å². The standard InChI is InChI=1S/C57H117O6P.H3O4P/c1-4-7-10-13-16-19-22-25-28-31-34-37-40-43-46-49-52-60-57(56(59)55-58)63-64(61-53-50-47-44-41-38-35-32-29-26-23-20-17-14-11-8-5-2)62-54-51-48-45-42-39-36-33-30-27-24-21-18-15-12-9-6-3;1-5(2,3)4/h56-59H,4-55H2,1-3H3;(H3,1,2,3,4). The first-order valence-electron chi connectivity index (χ1n) is 30.1. The molecule has 418 valence electrons. The first-order valence-corrected chi connectivity index (χ1v) is 32.8. The molecule has 0 aromatic rings. The number of hydrogen-bond donors (Lipinski definition) is 5. The summed E-state index contributed by atoms with van der Waals surface area (Å²) in [5.74, 6) is 0. The van der Waals surface area contributed by atoms with Gasteiger partial charge in [0.05, 0.1) is 19.8 Å². The second-order valence-electron chi connectivity index (χ2n) is 20.4. The van der Waals surface area contributed by atoms with Crippen LogP contribution in [0.25, 0.3) is 0 Å². The third-order valence-electron chi connectivity index (χ3n) is 13.4. The Morgan fingerprint density at radius 3 is 0.739 bits per heavy atom. The van der Waals surface area contributed by atoms with E-state index in [0.29, 0.717) is 19.8 Å². The summed E-state index contributed by atoms with van der Waals surface area (Å²) in [7, 11) is -6.31. The van der Waals surface area contributed by atoms with Crippen LogP contribution in [0, 0.1) is 0 Å². The fourth-order valence-corrected chi connectivity index (χ4v) is 10.0. The van der Waals surface area contributed by atoms with Crippen molar-refractivity contribution in [2.75, 3.05) is 26.4 Å². The zero-order valence-corrected chi connectivity index (χ0v) is 47.9. The molecule has 0 radical (unpaired) electrons. The number of aliphatic hydroxyl groups excluding tert-OH is 2. The Kier molecular flexibility index (Phi) is 62.9. The SMILES string of the molecule is CCCCCCCCCCCCCCCCCCOC(OP(OCCCCCCCCCCCCCCCCCC)OCCCCCCCCCCCCCCCCCC)C(O)CO.O=P(O)(O)O. The molecule has 0 bridgehead atoms. The summed E-state index contributed by atoms with van der Waals surface area (Å²) >= 11 is 0. The number of phosphoric acid groups is 1. The first-order chi connectivity index (χ1) is 33.7. The van der Waals surface area contributed by atoms with Gasteiger partial charge in [0.1, 0.15) is 6.10 Å². The minimum absolute atomic E-state index is 0.412. The van der Waals surface area contributed by atoms with Gasteiger partial charge in [-0.1, -0.05) is 310 Å². The maximum atomic E-state index is 10.6. The zero-order chi connectivity index (χ0) is 50.8. The van der Waals surface area contributed by atoms with E-state index in [1.807, 2.05) is 0 Å². The summed E-state index contributed by atoms with van der Waals surface area (Å²) in [5.41, 5.74) is 0. The zero-order valence-electron chi connectivity index (χ0n) is 46.1. The van der Waals surface area contributed by atoms with Crippen LogP contribution in [0.15, 0.2) is 0 Å². The molecule has 0 fully saturated rings. The van der Waals surface area contributed by atoms with Crippen molar-refractivity contribution in [3.8, 4) is 0 Å². The van der Waals surface area contributed by atoms with E-state index < -0.39 is 35.4 Å².